The van der Waals surface area contributed by atoms with Gasteiger partial charge in [0.05, 0.1) is 19.1 Å². The molecule has 1 aliphatic rings. The Labute approximate surface area is 104 Å². The lowest BCUT2D eigenvalue weighted by Crippen LogP contribution is -2.75. The van der Waals surface area contributed by atoms with E-state index in [4.69, 9.17) is 0 Å². The summed E-state index contributed by atoms with van der Waals surface area (Å²) < 4.78 is 43.2. The fourth-order valence-corrected chi connectivity index (χ4v) is 3.57. The molecule has 1 fully saturated rings. The number of hydroxylamine groups is 2. The van der Waals surface area contributed by atoms with Crippen LogP contribution in [0, 0.1) is 0 Å². The van der Waals surface area contributed by atoms with E-state index in [1.54, 1.807) is 0 Å². The first kappa shape index (κ1) is 15.7. The number of β-amino-alcohol motifs (C(OH)–C–C–N with tert-alkyl or cyclic N) is 1. The minimum atomic E-state index is -4.41. The van der Waals surface area contributed by atoms with Gasteiger partial charge in [0.15, 0.2) is 0 Å². The minimum Gasteiger partial charge on any atom is -0.369 e. The van der Waals surface area contributed by atoms with Crippen molar-refractivity contribution in [2.75, 3.05) is 19.1 Å². The van der Waals surface area contributed by atoms with E-state index in [0.29, 0.717) is 16.8 Å². The van der Waals surface area contributed by atoms with Crippen LogP contribution in [0.1, 0.15) is 0 Å². The van der Waals surface area contributed by atoms with E-state index in [1.807, 2.05) is 0 Å². The predicted molar refractivity (Wildman–Crippen MR) is 56.5 cm³/mol. The molecule has 1 rings (SSSR count). The molecule has 0 radical (unpaired) electrons. The van der Waals surface area contributed by atoms with Crippen LogP contribution >= 0.6 is 0 Å². The van der Waals surface area contributed by atoms with Gasteiger partial charge in [-0.2, -0.15) is 17.9 Å². The van der Waals surface area contributed by atoms with Gasteiger partial charge in [-0.25, -0.2) is 8.42 Å². The second-order valence-electron chi connectivity index (χ2n) is 4.05. The Morgan fingerprint density at radius 3 is 1.89 bits per heavy atom. The average Bonchev–Trinajstić information content (AvgIpc) is 2.16. The molecular formula is C6H15N2O8S2+. The molecule has 4 N–H and O–H groups in total. The van der Waals surface area contributed by atoms with Crippen LogP contribution in [0.3, 0.4) is 0 Å². The Hall–Kier alpha value is -0.340. The summed E-state index contributed by atoms with van der Waals surface area (Å²) in [5, 5.41) is 38.4. The van der Waals surface area contributed by atoms with Crippen molar-refractivity contribution in [2.24, 2.45) is 0 Å². The summed E-state index contributed by atoms with van der Waals surface area (Å²) in [5.41, 5.74) is 0. The Bertz CT molecular complexity index is 530. The lowest BCUT2D eigenvalue weighted by atomic mass is 10.3. The molecule has 1 aliphatic heterocycles. The number of nitrogens with zero attached hydrogens (tertiary/aromatic N) is 2. The third-order valence-electron chi connectivity index (χ3n) is 2.67. The predicted octanol–water partition coefficient (Wildman–Crippen LogP) is -3.62. The van der Waals surface area contributed by atoms with Crippen molar-refractivity contribution in [1.82, 2.24) is 4.31 Å². The fourth-order valence-electron chi connectivity index (χ4n) is 1.65. The molecular weight excluding hydrogens is 292 g/mol. The molecule has 0 aliphatic carbocycles. The maximum Gasteiger partial charge on any atom is 0.328 e. The van der Waals surface area contributed by atoms with E-state index in [2.05, 4.69) is 0 Å². The zero-order chi connectivity index (χ0) is 14.5. The van der Waals surface area contributed by atoms with Gasteiger partial charge in [0.25, 0.3) is 12.5 Å². The molecule has 12 heteroatoms. The molecule has 4 unspecified atom stereocenters. The Balaban J connectivity index is 3.30. The fraction of sp³-hybridized carbons (Fsp3) is 1.00. The van der Waals surface area contributed by atoms with Crippen LogP contribution in [-0.4, -0.2) is 83.5 Å². The average molecular weight is 307 g/mol. The standard InChI is InChI=1S/C6H15N2O8S2/c1-17(13,14)7-3-4(9)8(12,18(2,15)16)6(11)5(7)10/h4-6,9-12H,3H2,1-2H3/q+1. The van der Waals surface area contributed by atoms with Gasteiger partial charge in [-0.05, 0) is 4.05 Å². The molecule has 108 valence electrons. The summed E-state index contributed by atoms with van der Waals surface area (Å²) in [4.78, 5) is 0. The zero-order valence-electron chi connectivity index (χ0n) is 9.57. The lowest BCUT2D eigenvalue weighted by Gasteiger charge is -2.44. The van der Waals surface area contributed by atoms with Gasteiger partial charge in [0, 0.05) is 0 Å². The number of hydrogen-bond acceptors (Lipinski definition) is 8. The van der Waals surface area contributed by atoms with Crippen molar-refractivity contribution in [3.8, 4) is 0 Å². The summed E-state index contributed by atoms with van der Waals surface area (Å²) in [5.74, 6) is 0. The van der Waals surface area contributed by atoms with Crippen LogP contribution in [0.25, 0.3) is 0 Å². The summed E-state index contributed by atoms with van der Waals surface area (Å²) in [6.45, 7) is -0.874. The van der Waals surface area contributed by atoms with Crippen molar-refractivity contribution >= 4 is 20.0 Å². The second kappa shape index (κ2) is 4.35. The molecule has 1 saturated heterocycles. The summed E-state index contributed by atoms with van der Waals surface area (Å²) in [6, 6.07) is 0. The molecule has 0 aromatic heterocycles. The Morgan fingerprint density at radius 1 is 1.11 bits per heavy atom. The molecule has 0 aromatic rings. The number of sulfonamides is 2. The second-order valence-corrected chi connectivity index (χ2v) is 8.03. The van der Waals surface area contributed by atoms with Gasteiger partial charge in [0.2, 0.25) is 16.3 Å². The van der Waals surface area contributed by atoms with Crippen LogP contribution in [0.5, 0.6) is 0 Å². The topological polar surface area (TPSA) is 152 Å². The maximum absolute atomic E-state index is 11.4. The van der Waals surface area contributed by atoms with Crippen molar-refractivity contribution < 1.29 is 41.4 Å². The molecule has 0 spiro atoms. The van der Waals surface area contributed by atoms with Gasteiger partial charge >= 0.3 is 10.0 Å². The molecule has 4 atom stereocenters. The molecule has 10 nitrogen and oxygen atoms in total. The number of aliphatic hydroxyl groups is 3. The normalized spacial score (nSPS) is 39.8. The molecule has 0 bridgehead atoms. The Morgan fingerprint density at radius 2 is 1.56 bits per heavy atom. The van der Waals surface area contributed by atoms with Crippen molar-refractivity contribution in [2.45, 2.75) is 18.7 Å². The quantitative estimate of drug-likeness (QED) is 0.381. The maximum atomic E-state index is 11.4. The van der Waals surface area contributed by atoms with Gasteiger partial charge in [-0.3, -0.25) is 0 Å². The van der Waals surface area contributed by atoms with E-state index in [9.17, 15) is 37.4 Å². The van der Waals surface area contributed by atoms with E-state index in [0.717, 1.165) is 0 Å². The third kappa shape index (κ3) is 2.25. The van der Waals surface area contributed by atoms with Crippen LogP contribution < -0.4 is 0 Å². The molecule has 0 aromatic carbocycles. The van der Waals surface area contributed by atoms with Gasteiger partial charge < -0.3 is 15.3 Å². The van der Waals surface area contributed by atoms with Crippen molar-refractivity contribution in [1.29, 1.82) is 0 Å². The smallest absolute Gasteiger partial charge is 0.328 e. The van der Waals surface area contributed by atoms with E-state index in [-0.39, 0.29) is 0 Å². The largest absolute Gasteiger partial charge is 0.369 e. The van der Waals surface area contributed by atoms with Crippen LogP contribution in [0.4, 0.5) is 0 Å². The van der Waals surface area contributed by atoms with Crippen LogP contribution in [0.2, 0.25) is 0 Å². The zero-order valence-corrected chi connectivity index (χ0v) is 11.2. The highest BCUT2D eigenvalue weighted by atomic mass is 32.2. The SMILES string of the molecule is CS(=O)(=O)N1CC(O)[N+](O)(S(C)(=O)=O)C(O)C1O. The van der Waals surface area contributed by atoms with E-state index in [1.165, 1.54) is 0 Å². The van der Waals surface area contributed by atoms with Crippen LogP contribution in [-0.2, 0) is 20.0 Å². The highest BCUT2D eigenvalue weighted by Crippen LogP contribution is 2.29. The first-order valence-electron chi connectivity index (χ1n) is 4.66. The molecule has 18 heavy (non-hydrogen) atoms. The highest BCUT2D eigenvalue weighted by molar-refractivity contribution is 7.88. The molecule has 0 saturated carbocycles. The first-order chi connectivity index (χ1) is 7.83. The molecule has 1 heterocycles. The summed E-state index contributed by atoms with van der Waals surface area (Å²) in [6.07, 6.45) is -5.55. The first-order valence-corrected chi connectivity index (χ1v) is 8.35. The summed E-state index contributed by atoms with van der Waals surface area (Å²) in [7, 11) is -8.40. The number of quaternary nitrogens is 1. The monoisotopic (exact) mass is 307 g/mol. The van der Waals surface area contributed by atoms with Gasteiger partial charge in [-0.15, -0.1) is 0 Å². The van der Waals surface area contributed by atoms with Gasteiger partial charge in [-0.1, -0.05) is 0 Å². The van der Waals surface area contributed by atoms with E-state index >= 15 is 0 Å². The Kier molecular flexibility index (Phi) is 3.79. The third-order valence-corrected chi connectivity index (χ3v) is 5.41. The highest BCUT2D eigenvalue weighted by Gasteiger charge is 2.61. The van der Waals surface area contributed by atoms with Crippen LogP contribution in [0.15, 0.2) is 0 Å². The number of hydrogen-bond donors (Lipinski definition) is 4. The van der Waals surface area contributed by atoms with Crippen molar-refractivity contribution in [3.05, 3.63) is 0 Å². The number of rotatable bonds is 2. The number of piperazine rings is 1. The van der Waals surface area contributed by atoms with E-state index < -0.39 is 49.3 Å². The lowest BCUT2D eigenvalue weighted by molar-refractivity contribution is -1.08. The number of aliphatic hydroxyl groups excluding tert-OH is 3. The van der Waals surface area contributed by atoms with Gasteiger partial charge in [0.1, 0.15) is 0 Å². The minimum absolute atomic E-state index is 0.292. The van der Waals surface area contributed by atoms with Crippen molar-refractivity contribution in [3.63, 3.8) is 0 Å². The summed E-state index contributed by atoms with van der Waals surface area (Å²) >= 11 is 0. The molecule has 0 amide bonds.